The van der Waals surface area contributed by atoms with Crippen LogP contribution in [0.1, 0.15) is 59.6 Å². The molecule has 0 saturated heterocycles. The van der Waals surface area contributed by atoms with Crippen LogP contribution in [0.4, 0.5) is 0 Å². The summed E-state index contributed by atoms with van der Waals surface area (Å²) in [7, 11) is 0. The molecule has 1 aromatic carbocycles. The van der Waals surface area contributed by atoms with Gasteiger partial charge in [0.05, 0.1) is 0 Å². The second-order valence-electron chi connectivity index (χ2n) is 7.30. The number of benzene rings is 1. The van der Waals surface area contributed by atoms with E-state index in [0.717, 1.165) is 20.4 Å². The molecule has 118 valence electrons. The van der Waals surface area contributed by atoms with Crippen molar-refractivity contribution < 1.29 is 9.90 Å². The number of aromatic hydroxyl groups is 1. The van der Waals surface area contributed by atoms with Crippen molar-refractivity contribution in [3.05, 3.63) is 23.3 Å². The number of hydrogen-bond donors (Lipinski definition) is 2. The smallest absolute Gasteiger partial charge is 0.244 e. The SMILES string of the molecule is CC(=O)N(N)Sc1cc(C(C)(C)C)c(O)c(C(C)(C)C)c1. The minimum atomic E-state index is -0.220. The van der Waals surface area contributed by atoms with Crippen LogP contribution in [0.15, 0.2) is 17.0 Å². The molecule has 3 N–H and O–H groups in total. The molecule has 0 aliphatic carbocycles. The zero-order valence-corrected chi connectivity index (χ0v) is 14.8. The highest BCUT2D eigenvalue weighted by Gasteiger charge is 2.27. The molecule has 0 aromatic heterocycles. The number of phenols is 1. The molecule has 0 radical (unpaired) electrons. The van der Waals surface area contributed by atoms with E-state index in [-0.39, 0.29) is 16.7 Å². The van der Waals surface area contributed by atoms with Gasteiger partial charge in [-0.2, -0.15) is 0 Å². The predicted molar refractivity (Wildman–Crippen MR) is 88.1 cm³/mol. The van der Waals surface area contributed by atoms with Crippen LogP contribution < -0.4 is 5.84 Å². The van der Waals surface area contributed by atoms with Crippen molar-refractivity contribution in [1.82, 2.24) is 4.41 Å². The third-order valence-corrected chi connectivity index (χ3v) is 4.11. The van der Waals surface area contributed by atoms with Crippen LogP contribution in [-0.2, 0) is 15.6 Å². The van der Waals surface area contributed by atoms with E-state index in [1.165, 1.54) is 18.9 Å². The van der Waals surface area contributed by atoms with Crippen molar-refractivity contribution in [1.29, 1.82) is 0 Å². The summed E-state index contributed by atoms with van der Waals surface area (Å²) in [6.45, 7) is 13.7. The summed E-state index contributed by atoms with van der Waals surface area (Å²) in [5.74, 6) is 5.79. The highest BCUT2D eigenvalue weighted by atomic mass is 32.2. The fourth-order valence-corrected chi connectivity index (χ4v) is 2.68. The summed E-state index contributed by atoms with van der Waals surface area (Å²) >= 11 is 1.17. The van der Waals surface area contributed by atoms with Crippen LogP contribution in [0.3, 0.4) is 0 Å². The van der Waals surface area contributed by atoms with Gasteiger partial charge in [0.1, 0.15) is 5.75 Å². The average Bonchev–Trinajstić information content (AvgIpc) is 2.27. The van der Waals surface area contributed by atoms with Crippen LogP contribution in [0.25, 0.3) is 0 Å². The maximum atomic E-state index is 11.3. The van der Waals surface area contributed by atoms with Gasteiger partial charge in [0, 0.05) is 34.9 Å². The van der Waals surface area contributed by atoms with Crippen LogP contribution in [0.5, 0.6) is 5.75 Å². The second-order valence-corrected chi connectivity index (χ2v) is 8.35. The van der Waals surface area contributed by atoms with Crippen molar-refractivity contribution in [2.24, 2.45) is 5.84 Å². The minimum Gasteiger partial charge on any atom is -0.507 e. The van der Waals surface area contributed by atoms with E-state index < -0.39 is 0 Å². The summed E-state index contributed by atoms with van der Waals surface area (Å²) in [5.41, 5.74) is 1.32. The Labute approximate surface area is 131 Å². The largest absolute Gasteiger partial charge is 0.507 e. The standard InChI is InChI=1S/C16H26N2O2S/c1-10(19)18(17)21-11-8-12(15(2,3)4)14(20)13(9-11)16(5,6)7/h8-9,20H,17H2,1-7H3. The highest BCUT2D eigenvalue weighted by Crippen LogP contribution is 2.41. The molecular formula is C16H26N2O2S. The number of hydrogen-bond acceptors (Lipinski definition) is 4. The van der Waals surface area contributed by atoms with Crippen molar-refractivity contribution in [3.8, 4) is 5.75 Å². The summed E-state index contributed by atoms with van der Waals surface area (Å²) < 4.78 is 1.10. The van der Waals surface area contributed by atoms with E-state index in [1.54, 1.807) is 0 Å². The molecule has 4 nitrogen and oxygen atoms in total. The van der Waals surface area contributed by atoms with E-state index in [1.807, 2.05) is 53.7 Å². The first kappa shape index (κ1) is 17.9. The zero-order chi connectivity index (χ0) is 16.6. The normalized spacial score (nSPS) is 12.4. The maximum Gasteiger partial charge on any atom is 0.244 e. The molecule has 1 rings (SSSR count). The number of nitrogens with two attached hydrogens (primary N) is 1. The lowest BCUT2D eigenvalue weighted by Gasteiger charge is -2.28. The maximum absolute atomic E-state index is 11.3. The van der Waals surface area contributed by atoms with E-state index in [4.69, 9.17) is 5.84 Å². The number of hydrazine groups is 1. The molecule has 5 heteroatoms. The van der Waals surface area contributed by atoms with Gasteiger partial charge in [0.25, 0.3) is 0 Å². The Morgan fingerprint density at radius 3 is 1.76 bits per heavy atom. The lowest BCUT2D eigenvalue weighted by atomic mass is 9.79. The summed E-state index contributed by atoms with van der Waals surface area (Å²) in [4.78, 5) is 12.2. The molecule has 0 atom stereocenters. The average molecular weight is 310 g/mol. The topological polar surface area (TPSA) is 66.6 Å². The number of rotatable bonds is 2. The minimum absolute atomic E-state index is 0.198. The Morgan fingerprint density at radius 2 is 1.48 bits per heavy atom. The monoisotopic (exact) mass is 310 g/mol. The lowest BCUT2D eigenvalue weighted by molar-refractivity contribution is -0.124. The number of amides is 1. The summed E-state index contributed by atoms with van der Waals surface area (Å²) in [6, 6.07) is 3.80. The molecule has 0 bridgehead atoms. The van der Waals surface area contributed by atoms with Gasteiger partial charge >= 0.3 is 0 Å². The third kappa shape index (κ3) is 4.38. The van der Waals surface area contributed by atoms with Crippen molar-refractivity contribution in [2.75, 3.05) is 0 Å². The first-order valence-corrected chi connectivity index (χ1v) is 7.72. The lowest BCUT2D eigenvalue weighted by Crippen LogP contribution is -2.28. The predicted octanol–water partition coefficient (Wildman–Crippen LogP) is 3.72. The fourth-order valence-electron chi connectivity index (χ4n) is 1.98. The van der Waals surface area contributed by atoms with Gasteiger partial charge in [0.2, 0.25) is 5.91 Å². The van der Waals surface area contributed by atoms with Crippen LogP contribution in [0, 0.1) is 0 Å². The molecule has 0 saturated carbocycles. The molecule has 0 aliphatic heterocycles. The molecule has 21 heavy (non-hydrogen) atoms. The first-order valence-electron chi connectivity index (χ1n) is 6.95. The molecule has 0 aliphatic rings. The van der Waals surface area contributed by atoms with Gasteiger partial charge in [-0.15, -0.1) is 0 Å². The molecule has 1 amide bonds. The van der Waals surface area contributed by atoms with Crippen LogP contribution >= 0.6 is 11.9 Å². The van der Waals surface area contributed by atoms with Crippen LogP contribution in [0.2, 0.25) is 0 Å². The molecule has 0 fully saturated rings. The Kier molecular flexibility index (Phi) is 5.01. The highest BCUT2D eigenvalue weighted by molar-refractivity contribution is 7.97. The Morgan fingerprint density at radius 1 is 1.10 bits per heavy atom. The number of nitrogens with zero attached hydrogens (tertiary/aromatic N) is 1. The summed E-state index contributed by atoms with van der Waals surface area (Å²) in [5, 5.41) is 10.6. The van der Waals surface area contributed by atoms with Crippen molar-refractivity contribution in [3.63, 3.8) is 0 Å². The molecule has 0 spiro atoms. The van der Waals surface area contributed by atoms with E-state index in [9.17, 15) is 9.90 Å². The third-order valence-electron chi connectivity index (χ3n) is 3.21. The molecule has 1 aromatic rings. The number of carbonyl (C=O) groups excluding carboxylic acids is 1. The molecule has 0 unspecified atom stereocenters. The van der Waals surface area contributed by atoms with Crippen LogP contribution in [-0.4, -0.2) is 15.4 Å². The fraction of sp³-hybridized carbons (Fsp3) is 0.562. The first-order chi connectivity index (χ1) is 9.34. The quantitative estimate of drug-likeness (QED) is 0.378. The molecule has 0 heterocycles. The van der Waals surface area contributed by atoms with Gasteiger partial charge in [0.15, 0.2) is 0 Å². The van der Waals surface area contributed by atoms with E-state index in [2.05, 4.69) is 0 Å². The zero-order valence-electron chi connectivity index (χ0n) is 13.9. The van der Waals surface area contributed by atoms with Crippen molar-refractivity contribution >= 4 is 17.9 Å². The van der Waals surface area contributed by atoms with E-state index >= 15 is 0 Å². The van der Waals surface area contributed by atoms with Crippen molar-refractivity contribution in [2.45, 2.75) is 64.2 Å². The Balaban J connectivity index is 3.44. The van der Waals surface area contributed by atoms with Gasteiger partial charge in [-0.1, -0.05) is 41.5 Å². The van der Waals surface area contributed by atoms with Gasteiger partial charge in [-0.05, 0) is 23.0 Å². The number of phenolic OH excluding ortho intramolecular Hbond substituents is 1. The second kappa shape index (κ2) is 5.89. The van der Waals surface area contributed by atoms with E-state index in [0.29, 0.717) is 5.75 Å². The van der Waals surface area contributed by atoms with Gasteiger partial charge in [-0.3, -0.25) is 4.79 Å². The Hall–Kier alpha value is -1.20. The summed E-state index contributed by atoms with van der Waals surface area (Å²) in [6.07, 6.45) is 0. The van der Waals surface area contributed by atoms with Gasteiger partial charge < -0.3 is 5.11 Å². The van der Waals surface area contributed by atoms with Gasteiger partial charge in [-0.25, -0.2) is 10.3 Å². The Bertz CT molecular complexity index is 507. The number of carbonyl (C=O) groups is 1. The molecular weight excluding hydrogens is 284 g/mol.